The Hall–Kier alpha value is -1.71. The maximum Gasteiger partial charge on any atom is 0.362 e. The van der Waals surface area contributed by atoms with Crippen LogP contribution in [0, 0.1) is 0 Å². The predicted octanol–water partition coefficient (Wildman–Crippen LogP) is 0.376. The molecule has 1 N–H and O–H groups in total. The molecular weight excluding hydrogens is 316 g/mol. The van der Waals surface area contributed by atoms with Gasteiger partial charge in [-0.3, -0.25) is 14.1 Å². The van der Waals surface area contributed by atoms with Crippen LogP contribution in [0.3, 0.4) is 0 Å². The largest absolute Gasteiger partial charge is 0.362 e. The lowest BCUT2D eigenvalue weighted by Gasteiger charge is -2.42. The maximum absolute atomic E-state index is 12.1. The van der Waals surface area contributed by atoms with Gasteiger partial charge in [-0.15, -0.1) is 11.3 Å². The van der Waals surface area contributed by atoms with Crippen LogP contribution in [0.4, 0.5) is 0 Å². The number of likely N-dealkylation sites (tertiary alicyclic amines) is 1. The third kappa shape index (κ3) is 2.37. The van der Waals surface area contributed by atoms with Crippen molar-refractivity contribution in [3.63, 3.8) is 0 Å². The number of carbonyl (C=O) groups excluding carboxylic acids is 2. The van der Waals surface area contributed by atoms with Gasteiger partial charge < -0.3 is 4.90 Å². The molecule has 3 heterocycles. The molecule has 112 valence electrons. The van der Waals surface area contributed by atoms with Crippen molar-refractivity contribution in [3.8, 4) is 0 Å². The van der Waals surface area contributed by atoms with E-state index >= 15 is 0 Å². The minimum Gasteiger partial charge on any atom is -0.325 e. The quantitative estimate of drug-likeness (QED) is 0.491. The smallest absolute Gasteiger partial charge is 0.325 e. The third-order valence-corrected chi connectivity index (χ3v) is 5.39. The first-order valence-electron chi connectivity index (χ1n) is 6.22. The molecule has 9 heteroatoms. The topological polar surface area (TPSA) is 95.0 Å². The molecule has 2 atom stereocenters. The van der Waals surface area contributed by atoms with Crippen LogP contribution in [0.25, 0.3) is 6.08 Å². The molecule has 0 unspecified atom stereocenters. The molecule has 7 nitrogen and oxygen atoms in total. The van der Waals surface area contributed by atoms with E-state index in [1.807, 2.05) is 17.5 Å². The summed E-state index contributed by atoms with van der Waals surface area (Å²) in [6.07, 6.45) is 3.37. The molecule has 2 aliphatic rings. The number of carbonyl (C=O) groups is 2. The van der Waals surface area contributed by atoms with Gasteiger partial charge in [0.25, 0.3) is 5.91 Å². The summed E-state index contributed by atoms with van der Waals surface area (Å²) in [5.74, 6) is -1.09. The van der Waals surface area contributed by atoms with E-state index in [1.54, 1.807) is 6.08 Å². The Morgan fingerprint density at radius 3 is 2.86 bits per heavy atom. The van der Waals surface area contributed by atoms with Crippen molar-refractivity contribution in [1.82, 2.24) is 9.21 Å². The number of amides is 2. The number of thiophene rings is 1. The Morgan fingerprint density at radius 1 is 1.48 bits per heavy atom. The summed E-state index contributed by atoms with van der Waals surface area (Å²) in [5.41, 5.74) is 0. The lowest BCUT2D eigenvalue weighted by atomic mass is 10.0. The van der Waals surface area contributed by atoms with Crippen LogP contribution >= 0.6 is 11.3 Å². The number of hydrogen-bond donors (Lipinski definition) is 1. The summed E-state index contributed by atoms with van der Waals surface area (Å²) in [5, 5.41) is 1.88. The lowest BCUT2D eigenvalue weighted by Crippen LogP contribution is -2.68. The molecule has 0 spiro atoms. The van der Waals surface area contributed by atoms with E-state index in [0.717, 1.165) is 4.88 Å². The van der Waals surface area contributed by atoms with Gasteiger partial charge in [-0.2, -0.15) is 8.42 Å². The summed E-state index contributed by atoms with van der Waals surface area (Å²) in [6.45, 7) is 0.292. The average Bonchev–Trinajstić information content (AvgIpc) is 3.00. The van der Waals surface area contributed by atoms with Crippen LogP contribution in [-0.2, 0) is 19.9 Å². The van der Waals surface area contributed by atoms with Crippen LogP contribution in [-0.4, -0.2) is 52.6 Å². The van der Waals surface area contributed by atoms with Gasteiger partial charge in [0.2, 0.25) is 5.91 Å². The minimum atomic E-state index is -4.54. The van der Waals surface area contributed by atoms with Crippen molar-refractivity contribution < 1.29 is 22.6 Å². The van der Waals surface area contributed by atoms with Gasteiger partial charge in [0.1, 0.15) is 6.04 Å². The first-order valence-corrected chi connectivity index (χ1v) is 8.50. The van der Waals surface area contributed by atoms with Gasteiger partial charge in [-0.25, -0.2) is 4.31 Å². The summed E-state index contributed by atoms with van der Waals surface area (Å²) < 4.78 is 31.6. The first-order chi connectivity index (χ1) is 9.89. The molecule has 1 aromatic heterocycles. The monoisotopic (exact) mass is 328 g/mol. The van der Waals surface area contributed by atoms with Gasteiger partial charge in [0.15, 0.2) is 0 Å². The van der Waals surface area contributed by atoms with E-state index in [0.29, 0.717) is 17.3 Å². The second kappa shape index (κ2) is 4.93. The molecule has 3 rings (SSSR count). The Balaban J connectivity index is 1.72. The van der Waals surface area contributed by atoms with E-state index in [-0.39, 0.29) is 5.91 Å². The predicted molar refractivity (Wildman–Crippen MR) is 75.7 cm³/mol. The molecular formula is C12H12N2O5S2. The van der Waals surface area contributed by atoms with Gasteiger partial charge >= 0.3 is 10.3 Å². The Morgan fingerprint density at radius 2 is 2.24 bits per heavy atom. The highest BCUT2D eigenvalue weighted by molar-refractivity contribution is 7.84. The molecule has 1 aromatic rings. The fourth-order valence-electron chi connectivity index (χ4n) is 2.70. The summed E-state index contributed by atoms with van der Waals surface area (Å²) >= 11 is 1.48. The van der Waals surface area contributed by atoms with Crippen LogP contribution in [0.2, 0.25) is 0 Å². The molecule has 0 radical (unpaired) electrons. The van der Waals surface area contributed by atoms with Crippen molar-refractivity contribution in [1.29, 1.82) is 0 Å². The number of nitrogens with zero attached hydrogens (tertiary/aromatic N) is 2. The highest BCUT2D eigenvalue weighted by atomic mass is 32.2. The minimum absolute atomic E-state index is 0.292. The molecule has 2 saturated heterocycles. The van der Waals surface area contributed by atoms with Crippen LogP contribution in [0.1, 0.15) is 11.3 Å². The highest BCUT2D eigenvalue weighted by Gasteiger charge is 2.59. The molecule has 2 amide bonds. The van der Waals surface area contributed by atoms with Gasteiger partial charge in [0.05, 0.1) is 6.04 Å². The normalized spacial score (nSPS) is 25.3. The van der Waals surface area contributed by atoms with Crippen LogP contribution in [0.5, 0.6) is 0 Å². The van der Waals surface area contributed by atoms with Crippen molar-refractivity contribution in [2.45, 2.75) is 18.5 Å². The van der Waals surface area contributed by atoms with Crippen LogP contribution < -0.4 is 0 Å². The molecule has 0 aliphatic carbocycles. The lowest BCUT2D eigenvalue weighted by molar-refractivity contribution is -0.149. The zero-order chi connectivity index (χ0) is 15.2. The van der Waals surface area contributed by atoms with E-state index in [1.165, 1.54) is 22.3 Å². The number of hydrogen-bond acceptors (Lipinski definition) is 5. The summed E-state index contributed by atoms with van der Waals surface area (Å²) in [6, 6.07) is 2.29. The van der Waals surface area contributed by atoms with E-state index in [2.05, 4.69) is 0 Å². The molecule has 0 bridgehead atoms. The maximum atomic E-state index is 12.1. The SMILES string of the molecule is O=C(/C=C/c1cccs1)N1CC[C@@H]2[C@H]1C(=O)N2S(=O)(=O)O. The number of rotatable bonds is 3. The molecule has 2 aliphatic heterocycles. The van der Waals surface area contributed by atoms with Crippen molar-refractivity contribution in [3.05, 3.63) is 28.5 Å². The average molecular weight is 328 g/mol. The van der Waals surface area contributed by atoms with E-state index < -0.39 is 28.3 Å². The van der Waals surface area contributed by atoms with E-state index in [9.17, 15) is 18.0 Å². The third-order valence-electron chi connectivity index (χ3n) is 3.60. The fourth-order valence-corrected chi connectivity index (χ4v) is 4.21. The zero-order valence-electron chi connectivity index (χ0n) is 10.7. The highest BCUT2D eigenvalue weighted by Crippen LogP contribution is 2.35. The standard InChI is InChI=1S/C12H12N2O5S2/c15-10(4-3-8-2-1-7-20-8)13-6-5-9-11(13)12(16)14(9)21(17,18)19/h1-4,7,9,11H,5-6H2,(H,17,18,19)/b4-3+/t9-,11+/m1/s1. The van der Waals surface area contributed by atoms with E-state index in [4.69, 9.17) is 4.55 Å². The second-order valence-electron chi connectivity index (χ2n) is 4.79. The Kier molecular flexibility index (Phi) is 3.34. The van der Waals surface area contributed by atoms with Gasteiger partial charge in [-0.1, -0.05) is 6.07 Å². The number of fused-ring (bicyclic) bond motifs is 1. The van der Waals surface area contributed by atoms with Crippen LogP contribution in [0.15, 0.2) is 23.6 Å². The Bertz CT molecular complexity index is 710. The zero-order valence-corrected chi connectivity index (χ0v) is 12.4. The van der Waals surface area contributed by atoms with Crippen molar-refractivity contribution in [2.24, 2.45) is 0 Å². The fraction of sp³-hybridized carbons (Fsp3) is 0.333. The van der Waals surface area contributed by atoms with Crippen molar-refractivity contribution in [2.75, 3.05) is 6.54 Å². The van der Waals surface area contributed by atoms with Gasteiger partial charge in [-0.05, 0) is 23.9 Å². The number of β-lactam (4-membered cyclic amide) rings is 1. The van der Waals surface area contributed by atoms with Crippen molar-refractivity contribution >= 4 is 39.5 Å². The van der Waals surface area contributed by atoms with Gasteiger partial charge in [0, 0.05) is 17.5 Å². The molecule has 0 saturated carbocycles. The molecule has 21 heavy (non-hydrogen) atoms. The molecule has 2 fully saturated rings. The first kappa shape index (κ1) is 14.2. The second-order valence-corrected chi connectivity index (χ2v) is 7.06. The summed E-state index contributed by atoms with van der Waals surface area (Å²) in [7, 11) is -4.54. The Labute approximate surface area is 125 Å². The molecule has 0 aromatic carbocycles. The summed E-state index contributed by atoms with van der Waals surface area (Å²) in [4.78, 5) is 26.2.